The zero-order valence-corrected chi connectivity index (χ0v) is 19.3. The number of aromatic amines is 1. The molecule has 1 amide bonds. The highest BCUT2D eigenvalue weighted by molar-refractivity contribution is 6.31. The van der Waals surface area contributed by atoms with Crippen LogP contribution in [0.15, 0.2) is 55.0 Å². The normalized spacial score (nSPS) is 14.8. The Morgan fingerprint density at radius 3 is 2.53 bits per heavy atom. The Kier molecular flexibility index (Phi) is 9.05. The molecule has 1 aromatic heterocycles. The zero-order chi connectivity index (χ0) is 21.1. The van der Waals surface area contributed by atoms with Crippen LogP contribution in [0.25, 0.3) is 0 Å². The molecule has 0 spiro atoms. The molecule has 0 radical (unpaired) electrons. The summed E-state index contributed by atoms with van der Waals surface area (Å²) in [5.41, 5.74) is 3.19. The number of H-pyrrole nitrogens is 1. The van der Waals surface area contributed by atoms with Crippen LogP contribution in [0.5, 0.6) is 0 Å². The molecule has 2 heterocycles. The van der Waals surface area contributed by atoms with Gasteiger partial charge in [-0.1, -0.05) is 23.7 Å². The second kappa shape index (κ2) is 11.3. The smallest absolute Gasteiger partial charge is 0.241 e. The van der Waals surface area contributed by atoms with Crippen LogP contribution in [0.4, 0.5) is 10.1 Å². The Morgan fingerprint density at radius 1 is 1.19 bits per heavy atom. The number of hydrogen-bond donors (Lipinski definition) is 1. The highest BCUT2D eigenvalue weighted by atomic mass is 35.5. The fraction of sp³-hybridized carbons (Fsp3) is 0.227. The molecule has 168 valence electrons. The first-order valence-electron chi connectivity index (χ1n) is 9.52. The standard InChI is InChI=1S/C22H19ClFN5O.2ClH/c23-18-10-17(5-6-19(18)24)29-8-7-28(13-22(29)30)21(20-12-26-14-27-20)9-15-1-3-16(11-25)4-2-15;;/h1-6,10,12,14,21H,7-9,13H2,(H,26,27);2*1H. The van der Waals surface area contributed by atoms with E-state index in [4.69, 9.17) is 16.9 Å². The Bertz CT molecular complexity index is 1090. The van der Waals surface area contributed by atoms with Crippen LogP contribution >= 0.6 is 36.4 Å². The lowest BCUT2D eigenvalue weighted by atomic mass is 10.00. The molecule has 1 N–H and O–H groups in total. The maximum absolute atomic E-state index is 13.5. The van der Waals surface area contributed by atoms with Crippen molar-refractivity contribution in [3.8, 4) is 6.07 Å². The van der Waals surface area contributed by atoms with E-state index in [1.54, 1.807) is 35.6 Å². The summed E-state index contributed by atoms with van der Waals surface area (Å²) in [6.45, 7) is 1.33. The first kappa shape index (κ1) is 25.6. The number of aromatic nitrogens is 2. The molecular weight excluding hydrogens is 476 g/mol. The van der Waals surface area contributed by atoms with E-state index in [2.05, 4.69) is 20.9 Å². The van der Waals surface area contributed by atoms with Gasteiger partial charge in [0.05, 0.1) is 41.3 Å². The van der Waals surface area contributed by atoms with E-state index in [1.807, 2.05) is 12.1 Å². The SMILES string of the molecule is Cl.Cl.N#Cc1ccc(CC(c2cnc[nH]2)N2CCN(c3ccc(F)c(Cl)c3)C(=O)C2)cc1. The van der Waals surface area contributed by atoms with Gasteiger partial charge >= 0.3 is 0 Å². The fourth-order valence-electron chi connectivity index (χ4n) is 3.71. The van der Waals surface area contributed by atoms with Gasteiger partial charge < -0.3 is 9.88 Å². The van der Waals surface area contributed by atoms with Crippen molar-refractivity contribution >= 4 is 48.0 Å². The molecule has 6 nitrogen and oxygen atoms in total. The van der Waals surface area contributed by atoms with Gasteiger partial charge in [0.1, 0.15) is 5.82 Å². The van der Waals surface area contributed by atoms with Gasteiger partial charge in [0.15, 0.2) is 0 Å². The van der Waals surface area contributed by atoms with Crippen LogP contribution in [-0.4, -0.2) is 40.4 Å². The Hall–Kier alpha value is -2.63. The van der Waals surface area contributed by atoms with Gasteiger partial charge in [0.25, 0.3) is 0 Å². The number of benzene rings is 2. The lowest BCUT2D eigenvalue weighted by Gasteiger charge is -2.38. The topological polar surface area (TPSA) is 76.0 Å². The van der Waals surface area contributed by atoms with Crippen LogP contribution in [0, 0.1) is 17.1 Å². The van der Waals surface area contributed by atoms with Crippen molar-refractivity contribution in [2.45, 2.75) is 12.5 Å². The van der Waals surface area contributed by atoms with Crippen molar-refractivity contribution < 1.29 is 9.18 Å². The van der Waals surface area contributed by atoms with E-state index in [0.29, 0.717) is 30.8 Å². The van der Waals surface area contributed by atoms with Crippen LogP contribution in [0.3, 0.4) is 0 Å². The summed E-state index contributed by atoms with van der Waals surface area (Å²) in [7, 11) is 0. The fourth-order valence-corrected chi connectivity index (χ4v) is 3.88. The number of imidazole rings is 1. The molecule has 0 saturated carbocycles. The Balaban J connectivity index is 0.00000181. The van der Waals surface area contributed by atoms with E-state index in [0.717, 1.165) is 11.3 Å². The average molecular weight is 497 g/mol. The average Bonchev–Trinajstić information content (AvgIpc) is 3.29. The number of nitriles is 1. The summed E-state index contributed by atoms with van der Waals surface area (Å²) in [5.74, 6) is -0.582. The number of nitrogens with zero attached hydrogens (tertiary/aromatic N) is 4. The van der Waals surface area contributed by atoms with E-state index in [1.165, 1.54) is 12.1 Å². The largest absolute Gasteiger partial charge is 0.347 e. The number of nitrogens with one attached hydrogen (secondary N) is 1. The lowest BCUT2D eigenvalue weighted by Crippen LogP contribution is -2.51. The van der Waals surface area contributed by atoms with Crippen molar-refractivity contribution in [2.24, 2.45) is 0 Å². The monoisotopic (exact) mass is 495 g/mol. The lowest BCUT2D eigenvalue weighted by molar-refractivity contribution is -0.122. The molecule has 1 saturated heterocycles. The molecule has 32 heavy (non-hydrogen) atoms. The predicted molar refractivity (Wildman–Crippen MR) is 126 cm³/mol. The van der Waals surface area contributed by atoms with Crippen molar-refractivity contribution in [1.29, 1.82) is 5.26 Å². The summed E-state index contributed by atoms with van der Waals surface area (Å²) in [5, 5.41) is 9.00. The molecule has 3 aromatic rings. The molecule has 10 heteroatoms. The van der Waals surface area contributed by atoms with Crippen molar-refractivity contribution in [2.75, 3.05) is 24.5 Å². The highest BCUT2D eigenvalue weighted by Gasteiger charge is 2.31. The second-order valence-electron chi connectivity index (χ2n) is 7.15. The van der Waals surface area contributed by atoms with Gasteiger partial charge in [0, 0.05) is 25.0 Å². The van der Waals surface area contributed by atoms with Crippen LogP contribution in [0.1, 0.15) is 22.9 Å². The van der Waals surface area contributed by atoms with Gasteiger partial charge in [-0.2, -0.15) is 5.26 Å². The third-order valence-corrected chi connectivity index (χ3v) is 5.59. The van der Waals surface area contributed by atoms with Gasteiger partial charge in [-0.25, -0.2) is 9.37 Å². The summed E-state index contributed by atoms with van der Waals surface area (Å²) in [4.78, 5) is 23.9. The summed E-state index contributed by atoms with van der Waals surface area (Å²) >= 11 is 5.88. The van der Waals surface area contributed by atoms with Crippen molar-refractivity contribution in [3.05, 3.63) is 82.6 Å². The van der Waals surface area contributed by atoms with Crippen molar-refractivity contribution in [1.82, 2.24) is 14.9 Å². The number of rotatable bonds is 5. The minimum atomic E-state index is -0.506. The maximum Gasteiger partial charge on any atom is 0.241 e. The first-order chi connectivity index (χ1) is 14.5. The minimum Gasteiger partial charge on any atom is -0.347 e. The number of carbonyl (C=O) groups is 1. The number of amides is 1. The number of hydrogen-bond acceptors (Lipinski definition) is 4. The van der Waals surface area contributed by atoms with Gasteiger partial charge in [-0.3, -0.25) is 9.69 Å². The summed E-state index contributed by atoms with van der Waals surface area (Å²) in [6, 6.07) is 13.8. The molecule has 0 bridgehead atoms. The molecular formula is C22H21Cl3FN5O. The van der Waals surface area contributed by atoms with Crippen LogP contribution in [0.2, 0.25) is 5.02 Å². The number of halogens is 4. The van der Waals surface area contributed by atoms with Gasteiger partial charge in [-0.15, -0.1) is 24.8 Å². The Labute approximate surface area is 202 Å². The minimum absolute atomic E-state index is 0. The zero-order valence-electron chi connectivity index (χ0n) is 16.9. The summed E-state index contributed by atoms with van der Waals surface area (Å²) in [6.07, 6.45) is 4.06. The molecule has 1 unspecified atom stereocenters. The third kappa shape index (κ3) is 5.59. The number of carbonyl (C=O) groups excluding carboxylic acids is 1. The van der Waals surface area contributed by atoms with E-state index in [9.17, 15) is 9.18 Å². The molecule has 4 rings (SSSR count). The quantitative estimate of drug-likeness (QED) is 0.562. The molecule has 1 aliphatic rings. The second-order valence-corrected chi connectivity index (χ2v) is 7.56. The Morgan fingerprint density at radius 2 is 1.94 bits per heavy atom. The number of piperazine rings is 1. The van der Waals surface area contributed by atoms with Gasteiger partial charge in [0.2, 0.25) is 5.91 Å². The molecule has 1 aliphatic heterocycles. The predicted octanol–water partition coefficient (Wildman–Crippen LogP) is 4.55. The van der Waals surface area contributed by atoms with E-state index < -0.39 is 5.82 Å². The van der Waals surface area contributed by atoms with Crippen LogP contribution < -0.4 is 4.90 Å². The molecule has 2 aromatic carbocycles. The first-order valence-corrected chi connectivity index (χ1v) is 9.89. The summed E-state index contributed by atoms with van der Waals surface area (Å²) < 4.78 is 13.5. The molecule has 0 aliphatic carbocycles. The van der Waals surface area contributed by atoms with E-state index in [-0.39, 0.29) is 48.3 Å². The number of anilines is 1. The van der Waals surface area contributed by atoms with Crippen molar-refractivity contribution in [3.63, 3.8) is 0 Å². The van der Waals surface area contributed by atoms with Gasteiger partial charge in [-0.05, 0) is 42.3 Å². The van der Waals surface area contributed by atoms with Crippen LogP contribution in [-0.2, 0) is 11.2 Å². The maximum atomic E-state index is 13.5. The third-order valence-electron chi connectivity index (χ3n) is 5.30. The molecule has 1 atom stereocenters. The van der Waals surface area contributed by atoms with E-state index >= 15 is 0 Å². The highest BCUT2D eigenvalue weighted by Crippen LogP contribution is 2.28. The molecule has 1 fully saturated rings.